The van der Waals surface area contributed by atoms with Gasteiger partial charge in [0.05, 0.1) is 0 Å². The average molecular weight is 443 g/mol. The minimum absolute atomic E-state index is 0.0357. The highest BCUT2D eigenvalue weighted by Gasteiger charge is 2.18. The van der Waals surface area contributed by atoms with Crippen molar-refractivity contribution in [2.75, 3.05) is 11.9 Å². The number of amidine groups is 1. The van der Waals surface area contributed by atoms with Crippen LogP contribution in [0.5, 0.6) is 0 Å². The van der Waals surface area contributed by atoms with E-state index < -0.39 is 0 Å². The highest BCUT2D eigenvalue weighted by atomic mass is 32.1. The van der Waals surface area contributed by atoms with Crippen molar-refractivity contribution in [1.82, 2.24) is 4.98 Å². The Bertz CT molecular complexity index is 962. The first-order valence-corrected chi connectivity index (χ1v) is 10.6. The first-order chi connectivity index (χ1) is 14.6. The number of rotatable bonds is 8. The minimum atomic E-state index is -0.0976. The van der Waals surface area contributed by atoms with E-state index in [-0.39, 0.29) is 24.1 Å². The number of anilines is 1. The van der Waals surface area contributed by atoms with Crippen molar-refractivity contribution >= 4 is 41.6 Å². The zero-order valence-electron chi connectivity index (χ0n) is 16.4. The summed E-state index contributed by atoms with van der Waals surface area (Å²) < 4.78 is 0. The number of nitrogens with two attached hydrogens (primary N) is 3. The van der Waals surface area contributed by atoms with Gasteiger partial charge in [0.15, 0.2) is 0 Å². The lowest BCUT2D eigenvalue weighted by Crippen LogP contribution is -2.16. The Balaban J connectivity index is 0.00000155. The second kappa shape index (κ2) is 12.1. The van der Waals surface area contributed by atoms with Gasteiger partial charge in [-0.25, -0.2) is 4.98 Å². The third-order valence-electron chi connectivity index (χ3n) is 4.37. The molecule has 7 nitrogen and oxygen atoms in total. The van der Waals surface area contributed by atoms with Gasteiger partial charge in [0, 0.05) is 41.7 Å². The molecule has 1 unspecified atom stereocenters. The third-order valence-corrected chi connectivity index (χ3v) is 5.26. The van der Waals surface area contributed by atoms with Crippen LogP contribution in [0.1, 0.15) is 34.0 Å². The van der Waals surface area contributed by atoms with E-state index in [1.807, 2.05) is 53.9 Å². The number of hydrogen-bond donors (Lipinski definition) is 6. The lowest BCUT2D eigenvalue weighted by atomic mass is 9.91. The van der Waals surface area contributed by atoms with Crippen LogP contribution in [-0.2, 0) is 11.2 Å². The number of nitrogen functional groups attached to an aromatic ring is 1. The Morgan fingerprint density at radius 3 is 2.63 bits per heavy atom. The Morgan fingerprint density at radius 1 is 1.20 bits per heavy atom. The number of nitrogens with zero attached hydrogens (tertiary/aromatic N) is 1. The molecule has 1 amide bonds. The van der Waals surface area contributed by atoms with E-state index in [2.05, 4.69) is 28.3 Å². The first-order valence-electron chi connectivity index (χ1n) is 9.25. The van der Waals surface area contributed by atoms with Gasteiger partial charge in [0.25, 0.3) is 0 Å². The number of carbonyl (C=O) groups is 1. The molecule has 3 aromatic rings. The van der Waals surface area contributed by atoms with Crippen molar-refractivity contribution in [2.45, 2.75) is 18.8 Å². The summed E-state index contributed by atoms with van der Waals surface area (Å²) in [4.78, 5) is 16.4. The summed E-state index contributed by atoms with van der Waals surface area (Å²) in [6.07, 6.45) is 2.80. The molecule has 8 N–H and O–H groups in total. The number of thiol groups is 1. The van der Waals surface area contributed by atoms with E-state index in [1.165, 1.54) is 0 Å². The van der Waals surface area contributed by atoms with Crippen molar-refractivity contribution in [3.05, 3.63) is 81.8 Å². The lowest BCUT2D eigenvalue weighted by Gasteiger charge is -2.17. The Hall–Kier alpha value is -2.72. The Labute approximate surface area is 185 Å². The van der Waals surface area contributed by atoms with Crippen molar-refractivity contribution < 1.29 is 4.79 Å². The predicted octanol–water partition coefficient (Wildman–Crippen LogP) is 2.88. The number of aromatic nitrogens is 1. The quantitative estimate of drug-likeness (QED) is 0.181. The molecule has 30 heavy (non-hydrogen) atoms. The normalized spacial score (nSPS) is 11.2. The fraction of sp³-hybridized carbons (Fsp3) is 0.190. The molecule has 9 heteroatoms. The van der Waals surface area contributed by atoms with Crippen LogP contribution in [0, 0.1) is 5.41 Å². The molecule has 0 aliphatic carbocycles. The Kier molecular flexibility index (Phi) is 9.49. The van der Waals surface area contributed by atoms with Crippen LogP contribution in [0.15, 0.2) is 60.1 Å². The van der Waals surface area contributed by atoms with Crippen molar-refractivity contribution in [3.63, 3.8) is 0 Å². The molecule has 0 saturated heterocycles. The summed E-state index contributed by atoms with van der Waals surface area (Å²) in [5.41, 5.74) is 14.7. The van der Waals surface area contributed by atoms with Crippen LogP contribution in [0.2, 0.25) is 0 Å². The van der Waals surface area contributed by atoms with Crippen LogP contribution >= 0.6 is 24.2 Å². The highest BCUT2D eigenvalue weighted by molar-refractivity contribution is 7.77. The smallest absolute Gasteiger partial charge is 0.225 e. The molecule has 0 aliphatic heterocycles. The van der Waals surface area contributed by atoms with Crippen molar-refractivity contribution in [1.29, 1.82) is 5.41 Å². The van der Waals surface area contributed by atoms with Gasteiger partial charge in [-0.2, -0.15) is 0 Å². The average Bonchev–Trinajstić information content (AvgIpc) is 3.28. The zero-order chi connectivity index (χ0) is 21.9. The molecule has 0 bridgehead atoms. The number of carbonyl (C=O) groups excluding carboxylic acids is 1. The molecule has 0 saturated carbocycles. The molecular formula is C21H26N6OS2. The predicted molar refractivity (Wildman–Crippen MR) is 127 cm³/mol. The van der Waals surface area contributed by atoms with Crippen molar-refractivity contribution in [3.8, 4) is 0 Å². The fourth-order valence-corrected chi connectivity index (χ4v) is 3.81. The van der Waals surface area contributed by atoms with Crippen molar-refractivity contribution in [2.24, 2.45) is 16.6 Å². The second-order valence-corrected chi connectivity index (χ2v) is 7.38. The largest absolute Gasteiger partial charge is 0.384 e. The summed E-state index contributed by atoms with van der Waals surface area (Å²) in [6.45, 7) is 0.319. The van der Waals surface area contributed by atoms with E-state index in [0.717, 1.165) is 28.2 Å². The maximum absolute atomic E-state index is 11.9. The molecule has 1 heterocycles. The summed E-state index contributed by atoms with van der Waals surface area (Å²) >= 11 is 4.63. The molecule has 1 aromatic heterocycles. The van der Waals surface area contributed by atoms with E-state index >= 15 is 0 Å². The monoisotopic (exact) mass is 442 g/mol. The van der Waals surface area contributed by atoms with E-state index in [9.17, 15) is 4.79 Å². The molecule has 0 fully saturated rings. The first kappa shape index (κ1) is 23.6. The van der Waals surface area contributed by atoms with Crippen LogP contribution < -0.4 is 21.9 Å². The van der Waals surface area contributed by atoms with Gasteiger partial charge in [-0.3, -0.25) is 15.3 Å². The molecule has 0 spiro atoms. The minimum Gasteiger partial charge on any atom is -0.384 e. The van der Waals surface area contributed by atoms with Gasteiger partial charge in [0.2, 0.25) is 5.91 Å². The summed E-state index contributed by atoms with van der Waals surface area (Å²) in [7, 11) is 0. The van der Waals surface area contributed by atoms with Gasteiger partial charge in [-0.15, -0.1) is 24.2 Å². The highest BCUT2D eigenvalue weighted by Crippen LogP contribution is 2.31. The molecule has 158 valence electrons. The van der Waals surface area contributed by atoms with Gasteiger partial charge in [0.1, 0.15) is 10.8 Å². The molecule has 2 aromatic carbocycles. The molecule has 0 aliphatic rings. The standard InChI is InChI=1S/C21H23N5OS.H3NS/c22-8-7-19(27)26-17-6-2-4-15(13-17)18(21-25-9-10-28-21)12-14-3-1-5-16(11-14)20(23)24;1-2/h1-6,9-11,13,18H,7-8,12,22H2,(H3,23,24)(H,26,27);2H,1H2. The second-order valence-electron chi connectivity index (χ2n) is 6.45. The molecule has 1 atom stereocenters. The SMILES string of the molecule is N=C(N)c1cccc(CC(c2cccc(NC(=O)CCN)c2)c2nccs2)c1.NS. The number of thiazole rings is 1. The summed E-state index contributed by atoms with van der Waals surface area (Å²) in [6, 6.07) is 15.5. The van der Waals surface area contributed by atoms with E-state index in [0.29, 0.717) is 12.1 Å². The maximum Gasteiger partial charge on any atom is 0.225 e. The summed E-state index contributed by atoms with van der Waals surface area (Å²) in [5.74, 6) is -0.00885. The third kappa shape index (κ3) is 6.67. The van der Waals surface area contributed by atoms with Gasteiger partial charge >= 0.3 is 0 Å². The van der Waals surface area contributed by atoms with Crippen LogP contribution in [-0.4, -0.2) is 23.3 Å². The Morgan fingerprint density at radius 2 is 1.97 bits per heavy atom. The van der Waals surface area contributed by atoms with Gasteiger partial charge < -0.3 is 16.8 Å². The zero-order valence-corrected chi connectivity index (χ0v) is 18.1. The maximum atomic E-state index is 11.9. The van der Waals surface area contributed by atoms with E-state index in [1.54, 1.807) is 17.5 Å². The number of nitrogens with one attached hydrogen (secondary N) is 2. The van der Waals surface area contributed by atoms with Gasteiger partial charge in [-0.1, -0.05) is 30.3 Å². The van der Waals surface area contributed by atoms with Crippen LogP contribution in [0.25, 0.3) is 0 Å². The molecule has 3 rings (SSSR count). The van der Waals surface area contributed by atoms with Gasteiger partial charge in [-0.05, 0) is 35.7 Å². The fourth-order valence-electron chi connectivity index (χ4n) is 3.04. The number of amides is 1. The lowest BCUT2D eigenvalue weighted by molar-refractivity contribution is -0.116. The topological polar surface area (TPSA) is 144 Å². The summed E-state index contributed by atoms with van der Waals surface area (Å²) in [5, 5.41) is 17.7. The molecular weight excluding hydrogens is 416 g/mol. The van der Waals surface area contributed by atoms with Crippen LogP contribution in [0.4, 0.5) is 5.69 Å². The number of benzene rings is 2. The van der Waals surface area contributed by atoms with Crippen LogP contribution in [0.3, 0.4) is 0 Å². The van der Waals surface area contributed by atoms with E-state index in [4.69, 9.17) is 16.9 Å². The number of hydrogen-bond acceptors (Lipinski definition) is 7. The molecule has 0 radical (unpaired) electrons.